The minimum Gasteiger partial charge on any atom is -0.466 e. The summed E-state index contributed by atoms with van der Waals surface area (Å²) in [6.45, 7) is 3.28. The number of carbonyl (C=O) groups is 1. The van der Waals surface area contributed by atoms with Crippen molar-refractivity contribution in [1.29, 1.82) is 0 Å². The molecule has 0 unspecified atom stereocenters. The molecule has 0 aliphatic rings. The molecule has 18 heavy (non-hydrogen) atoms. The zero-order valence-corrected chi connectivity index (χ0v) is 10.2. The Bertz CT molecular complexity index is 629. The second-order valence-electron chi connectivity index (χ2n) is 3.97. The highest BCUT2D eigenvalue weighted by atomic mass is 16.3. The molecule has 0 fully saturated rings. The van der Waals surface area contributed by atoms with Gasteiger partial charge in [-0.1, -0.05) is 18.2 Å². The summed E-state index contributed by atoms with van der Waals surface area (Å²) in [5, 5.41) is 2.66. The summed E-state index contributed by atoms with van der Waals surface area (Å²) in [5.74, 6) is 0.370. The molecule has 1 aromatic heterocycles. The summed E-state index contributed by atoms with van der Waals surface area (Å²) in [6, 6.07) is 10.3. The van der Waals surface area contributed by atoms with Crippen LogP contribution in [0.15, 0.2) is 45.6 Å². The molecule has 2 aromatic rings. The summed E-state index contributed by atoms with van der Waals surface area (Å²) in [5.41, 5.74) is 0.357. The van der Waals surface area contributed by atoms with Crippen LogP contribution in [0.2, 0.25) is 0 Å². The van der Waals surface area contributed by atoms with Crippen molar-refractivity contribution in [3.8, 4) is 0 Å². The Hall–Kier alpha value is -2.36. The Labute approximate surface area is 104 Å². The molecule has 0 saturated heterocycles. The van der Waals surface area contributed by atoms with Gasteiger partial charge in [-0.3, -0.25) is 9.59 Å². The summed E-state index contributed by atoms with van der Waals surface area (Å²) < 4.78 is 5.29. The van der Waals surface area contributed by atoms with Crippen LogP contribution in [-0.4, -0.2) is 5.91 Å². The molecule has 0 saturated carbocycles. The molecular weight excluding hydrogens is 230 g/mol. The third-order valence-corrected chi connectivity index (χ3v) is 2.51. The molecule has 0 aliphatic carbocycles. The van der Waals surface area contributed by atoms with Crippen molar-refractivity contribution in [3.05, 3.63) is 63.7 Å². The van der Waals surface area contributed by atoms with E-state index in [0.29, 0.717) is 17.2 Å². The molecular formula is C14H13NO3. The van der Waals surface area contributed by atoms with E-state index < -0.39 is 5.91 Å². The third-order valence-electron chi connectivity index (χ3n) is 2.51. The van der Waals surface area contributed by atoms with Crippen LogP contribution in [0, 0.1) is 13.8 Å². The largest absolute Gasteiger partial charge is 0.466 e. The first-order valence-electron chi connectivity index (χ1n) is 5.55. The van der Waals surface area contributed by atoms with Crippen LogP contribution in [0.4, 0.5) is 5.69 Å². The molecule has 4 nitrogen and oxygen atoms in total. The predicted molar refractivity (Wildman–Crippen MR) is 68.8 cm³/mol. The van der Waals surface area contributed by atoms with Crippen molar-refractivity contribution in [2.45, 2.75) is 13.8 Å². The lowest BCUT2D eigenvalue weighted by Gasteiger charge is -2.06. The van der Waals surface area contributed by atoms with Gasteiger partial charge in [0, 0.05) is 11.8 Å². The van der Waals surface area contributed by atoms with Crippen LogP contribution >= 0.6 is 0 Å². The highest BCUT2D eigenvalue weighted by Crippen LogP contribution is 2.10. The highest BCUT2D eigenvalue weighted by molar-refractivity contribution is 6.04. The lowest BCUT2D eigenvalue weighted by atomic mass is 10.2. The monoisotopic (exact) mass is 243 g/mol. The van der Waals surface area contributed by atoms with Crippen LogP contribution in [0.1, 0.15) is 21.9 Å². The molecule has 1 aromatic carbocycles. The Morgan fingerprint density at radius 3 is 2.44 bits per heavy atom. The number of benzene rings is 1. The number of para-hydroxylation sites is 1. The van der Waals surface area contributed by atoms with Gasteiger partial charge in [0.15, 0.2) is 5.43 Å². The number of rotatable bonds is 2. The van der Waals surface area contributed by atoms with Gasteiger partial charge >= 0.3 is 0 Å². The highest BCUT2D eigenvalue weighted by Gasteiger charge is 2.15. The number of hydrogen-bond donors (Lipinski definition) is 1. The lowest BCUT2D eigenvalue weighted by Crippen LogP contribution is -2.22. The molecule has 0 radical (unpaired) electrons. The Morgan fingerprint density at radius 1 is 1.17 bits per heavy atom. The van der Waals surface area contributed by atoms with Crippen molar-refractivity contribution in [1.82, 2.24) is 0 Å². The fourth-order valence-corrected chi connectivity index (χ4v) is 1.74. The van der Waals surface area contributed by atoms with Gasteiger partial charge in [-0.2, -0.15) is 0 Å². The first-order valence-corrected chi connectivity index (χ1v) is 5.55. The van der Waals surface area contributed by atoms with Gasteiger partial charge in [-0.15, -0.1) is 0 Å². The van der Waals surface area contributed by atoms with E-state index >= 15 is 0 Å². The molecule has 92 valence electrons. The van der Waals surface area contributed by atoms with E-state index in [0.717, 1.165) is 0 Å². The van der Waals surface area contributed by atoms with E-state index in [9.17, 15) is 9.59 Å². The fourth-order valence-electron chi connectivity index (χ4n) is 1.74. The normalized spacial score (nSPS) is 10.1. The van der Waals surface area contributed by atoms with Gasteiger partial charge in [0.2, 0.25) is 0 Å². The minimum atomic E-state index is -0.451. The van der Waals surface area contributed by atoms with Crippen LogP contribution in [0.5, 0.6) is 0 Å². The van der Waals surface area contributed by atoms with Crippen LogP contribution in [0.25, 0.3) is 0 Å². The molecule has 0 aliphatic heterocycles. The number of aryl methyl sites for hydroxylation is 2. The van der Waals surface area contributed by atoms with Crippen molar-refractivity contribution >= 4 is 11.6 Å². The quantitative estimate of drug-likeness (QED) is 0.881. The van der Waals surface area contributed by atoms with Gasteiger partial charge < -0.3 is 9.73 Å². The topological polar surface area (TPSA) is 59.3 Å². The van der Waals surface area contributed by atoms with Crippen LogP contribution in [0.3, 0.4) is 0 Å². The van der Waals surface area contributed by atoms with Crippen molar-refractivity contribution in [2.75, 3.05) is 5.32 Å². The maximum absolute atomic E-state index is 12.0. The summed E-state index contributed by atoms with van der Waals surface area (Å²) in [4.78, 5) is 23.8. The van der Waals surface area contributed by atoms with Gasteiger partial charge in [0.1, 0.15) is 17.1 Å². The maximum atomic E-state index is 12.0. The standard InChI is InChI=1S/C14H13NO3/c1-9-8-12(16)13(10(2)18-9)14(17)15-11-6-4-3-5-7-11/h3-8H,1-2H3,(H,15,17). The SMILES string of the molecule is Cc1cc(=O)c(C(=O)Nc2ccccc2)c(C)o1. The zero-order chi connectivity index (χ0) is 13.1. The smallest absolute Gasteiger partial charge is 0.263 e. The number of amides is 1. The van der Waals surface area contributed by atoms with E-state index in [1.165, 1.54) is 6.07 Å². The van der Waals surface area contributed by atoms with E-state index in [1.807, 2.05) is 6.07 Å². The van der Waals surface area contributed by atoms with E-state index in [4.69, 9.17) is 4.42 Å². The third kappa shape index (κ3) is 2.48. The van der Waals surface area contributed by atoms with E-state index in [1.54, 1.807) is 38.1 Å². The van der Waals surface area contributed by atoms with Crippen molar-refractivity contribution in [3.63, 3.8) is 0 Å². The van der Waals surface area contributed by atoms with Gasteiger partial charge in [0.05, 0.1) is 0 Å². The lowest BCUT2D eigenvalue weighted by molar-refractivity contribution is 0.102. The molecule has 0 bridgehead atoms. The summed E-state index contributed by atoms with van der Waals surface area (Å²) in [6.07, 6.45) is 0. The molecule has 2 rings (SSSR count). The number of anilines is 1. The van der Waals surface area contributed by atoms with Crippen LogP contribution < -0.4 is 10.7 Å². The number of carbonyl (C=O) groups excluding carboxylic acids is 1. The van der Waals surface area contributed by atoms with Gasteiger partial charge in [-0.25, -0.2) is 0 Å². The number of nitrogens with one attached hydrogen (secondary N) is 1. The molecule has 0 spiro atoms. The molecule has 1 N–H and O–H groups in total. The van der Waals surface area contributed by atoms with Crippen molar-refractivity contribution in [2.24, 2.45) is 0 Å². The fraction of sp³-hybridized carbons (Fsp3) is 0.143. The average molecular weight is 243 g/mol. The summed E-state index contributed by atoms with van der Waals surface area (Å²) in [7, 11) is 0. The van der Waals surface area contributed by atoms with Crippen molar-refractivity contribution < 1.29 is 9.21 Å². The van der Waals surface area contributed by atoms with E-state index in [-0.39, 0.29) is 11.0 Å². The first kappa shape index (κ1) is 12.1. The first-order chi connectivity index (χ1) is 8.58. The van der Waals surface area contributed by atoms with Crippen LogP contribution in [-0.2, 0) is 0 Å². The molecule has 0 atom stereocenters. The average Bonchev–Trinajstić information content (AvgIpc) is 2.28. The minimum absolute atomic E-state index is 0.0458. The predicted octanol–water partition coefficient (Wildman–Crippen LogP) is 2.51. The Kier molecular flexibility index (Phi) is 3.28. The maximum Gasteiger partial charge on any atom is 0.263 e. The molecule has 4 heteroatoms. The zero-order valence-electron chi connectivity index (χ0n) is 10.2. The number of hydrogen-bond acceptors (Lipinski definition) is 3. The summed E-state index contributed by atoms with van der Waals surface area (Å²) >= 11 is 0. The molecule has 1 amide bonds. The molecule has 1 heterocycles. The Balaban J connectivity index is 2.33. The van der Waals surface area contributed by atoms with Gasteiger partial charge in [-0.05, 0) is 26.0 Å². The van der Waals surface area contributed by atoms with E-state index in [2.05, 4.69) is 5.32 Å². The van der Waals surface area contributed by atoms with Gasteiger partial charge in [0.25, 0.3) is 5.91 Å². The Morgan fingerprint density at radius 2 is 1.83 bits per heavy atom. The second kappa shape index (κ2) is 4.87. The second-order valence-corrected chi connectivity index (χ2v) is 3.97.